The summed E-state index contributed by atoms with van der Waals surface area (Å²) in [4.78, 5) is 39.1. The van der Waals surface area contributed by atoms with Gasteiger partial charge < -0.3 is 20.1 Å². The summed E-state index contributed by atoms with van der Waals surface area (Å²) in [6, 6.07) is 15.5. The molecule has 34 heavy (non-hydrogen) atoms. The molecule has 2 aromatic carbocycles. The first-order valence-electron chi connectivity index (χ1n) is 12.0. The van der Waals surface area contributed by atoms with E-state index in [4.69, 9.17) is 4.74 Å². The van der Waals surface area contributed by atoms with Crippen LogP contribution in [-0.4, -0.2) is 53.7 Å². The quantitative estimate of drug-likeness (QED) is 0.638. The highest BCUT2D eigenvalue weighted by Crippen LogP contribution is 2.44. The number of carboxylic acid groups (broad SMARTS) is 1. The molecule has 0 bridgehead atoms. The van der Waals surface area contributed by atoms with Crippen LogP contribution in [0.5, 0.6) is 0 Å². The maximum absolute atomic E-state index is 13.3. The van der Waals surface area contributed by atoms with Crippen LogP contribution >= 0.6 is 0 Å². The summed E-state index contributed by atoms with van der Waals surface area (Å²) in [6.07, 6.45) is 1.26. The number of carbonyl (C=O) groups excluding carboxylic acids is 2. The molecule has 1 aliphatic heterocycles. The van der Waals surface area contributed by atoms with Crippen LogP contribution in [0.4, 0.5) is 4.79 Å². The van der Waals surface area contributed by atoms with Gasteiger partial charge in [-0.25, -0.2) is 4.79 Å². The average Bonchev–Trinajstić information content (AvgIpc) is 3.19. The van der Waals surface area contributed by atoms with Crippen molar-refractivity contribution >= 4 is 18.0 Å². The number of rotatable bonds is 7. The molecule has 0 spiro atoms. The number of carboxylic acids is 1. The van der Waals surface area contributed by atoms with Crippen LogP contribution in [0.1, 0.15) is 50.2 Å². The van der Waals surface area contributed by atoms with Gasteiger partial charge in [-0.1, -0.05) is 68.8 Å². The van der Waals surface area contributed by atoms with Crippen molar-refractivity contribution in [1.82, 2.24) is 10.2 Å². The van der Waals surface area contributed by atoms with Crippen molar-refractivity contribution in [3.63, 3.8) is 0 Å². The first kappa shape index (κ1) is 23.8. The van der Waals surface area contributed by atoms with E-state index in [0.29, 0.717) is 25.8 Å². The Morgan fingerprint density at radius 2 is 1.71 bits per heavy atom. The van der Waals surface area contributed by atoms with E-state index < -0.39 is 24.0 Å². The van der Waals surface area contributed by atoms with Crippen LogP contribution < -0.4 is 5.32 Å². The van der Waals surface area contributed by atoms with Gasteiger partial charge >= 0.3 is 12.1 Å². The molecule has 1 fully saturated rings. The Bertz CT molecular complexity index is 1020. The second kappa shape index (κ2) is 10.3. The third kappa shape index (κ3) is 4.79. The molecule has 3 atom stereocenters. The standard InChI is InChI=1S/C27H32N2O5/c1-3-17(2)24(25(30)29-14-8-9-18(15-29)26(31)32)28-27(33)34-16-23-21-12-6-4-10-19(21)20-11-5-7-13-22(20)23/h4-7,10-13,17-18,23-24H,3,8-9,14-16H2,1-2H3,(H,28,33)(H,31,32)/t17-,18?,24-/m0/s1. The number of carbonyl (C=O) groups is 3. The Kier molecular flexibility index (Phi) is 7.20. The van der Waals surface area contributed by atoms with Gasteiger partial charge in [0.25, 0.3) is 0 Å². The fourth-order valence-electron chi connectivity index (χ4n) is 5.03. The number of ether oxygens (including phenoxy) is 1. The van der Waals surface area contributed by atoms with Crippen molar-refractivity contribution in [2.24, 2.45) is 11.8 Å². The summed E-state index contributed by atoms with van der Waals surface area (Å²) in [5.74, 6) is -1.87. The summed E-state index contributed by atoms with van der Waals surface area (Å²) < 4.78 is 5.65. The molecule has 2 aliphatic rings. The molecule has 7 heteroatoms. The van der Waals surface area contributed by atoms with Gasteiger partial charge in [0.05, 0.1) is 5.92 Å². The maximum atomic E-state index is 13.3. The van der Waals surface area contributed by atoms with Crippen LogP contribution in [0.3, 0.4) is 0 Å². The van der Waals surface area contributed by atoms with Crippen LogP contribution in [0.2, 0.25) is 0 Å². The van der Waals surface area contributed by atoms with Crippen LogP contribution in [0.15, 0.2) is 48.5 Å². The van der Waals surface area contributed by atoms with E-state index in [-0.39, 0.29) is 30.9 Å². The van der Waals surface area contributed by atoms with Gasteiger partial charge in [0.15, 0.2) is 0 Å². The number of amides is 2. The number of alkyl carbamates (subject to hydrolysis) is 1. The van der Waals surface area contributed by atoms with Gasteiger partial charge in [0.2, 0.25) is 5.91 Å². The Hall–Kier alpha value is -3.35. The first-order chi connectivity index (χ1) is 16.4. The largest absolute Gasteiger partial charge is 0.481 e. The third-order valence-electron chi connectivity index (χ3n) is 7.18. The molecule has 2 amide bonds. The van der Waals surface area contributed by atoms with Gasteiger partial charge in [0.1, 0.15) is 12.6 Å². The minimum Gasteiger partial charge on any atom is -0.481 e. The number of fused-ring (bicyclic) bond motifs is 3. The predicted molar refractivity (Wildman–Crippen MR) is 128 cm³/mol. The maximum Gasteiger partial charge on any atom is 0.407 e. The predicted octanol–water partition coefficient (Wildman–Crippen LogP) is 4.26. The number of nitrogens with zero attached hydrogens (tertiary/aromatic N) is 1. The molecule has 1 saturated heterocycles. The average molecular weight is 465 g/mol. The fourth-order valence-corrected chi connectivity index (χ4v) is 5.03. The van der Waals surface area contributed by atoms with E-state index in [2.05, 4.69) is 29.6 Å². The monoisotopic (exact) mass is 464 g/mol. The lowest BCUT2D eigenvalue weighted by Crippen LogP contribution is -2.54. The lowest BCUT2D eigenvalue weighted by molar-refractivity contribution is -0.146. The molecule has 1 aliphatic carbocycles. The van der Waals surface area contributed by atoms with E-state index in [1.807, 2.05) is 38.1 Å². The summed E-state index contributed by atoms with van der Waals surface area (Å²) in [6.45, 7) is 4.72. The normalized spacial score (nSPS) is 19.0. The highest BCUT2D eigenvalue weighted by Gasteiger charge is 2.35. The highest BCUT2D eigenvalue weighted by molar-refractivity contribution is 5.87. The molecule has 0 radical (unpaired) electrons. The third-order valence-corrected chi connectivity index (χ3v) is 7.18. The van der Waals surface area contributed by atoms with E-state index in [9.17, 15) is 19.5 Å². The molecule has 0 saturated carbocycles. The minimum absolute atomic E-state index is 0.0608. The Balaban J connectivity index is 1.43. The Morgan fingerprint density at radius 1 is 1.09 bits per heavy atom. The van der Waals surface area contributed by atoms with Crippen molar-refractivity contribution in [2.45, 2.75) is 45.1 Å². The van der Waals surface area contributed by atoms with E-state index in [1.54, 1.807) is 4.90 Å². The van der Waals surface area contributed by atoms with Gasteiger partial charge in [-0.3, -0.25) is 9.59 Å². The minimum atomic E-state index is -0.887. The molecular weight excluding hydrogens is 432 g/mol. The van der Waals surface area contributed by atoms with E-state index in [0.717, 1.165) is 22.3 Å². The summed E-state index contributed by atoms with van der Waals surface area (Å²) >= 11 is 0. The van der Waals surface area contributed by atoms with Crippen molar-refractivity contribution in [3.8, 4) is 11.1 Å². The summed E-state index contributed by atoms with van der Waals surface area (Å²) in [5, 5.41) is 12.1. The van der Waals surface area contributed by atoms with Gasteiger partial charge in [-0.05, 0) is 41.0 Å². The van der Waals surface area contributed by atoms with Crippen LogP contribution in [-0.2, 0) is 14.3 Å². The van der Waals surface area contributed by atoms with Crippen molar-refractivity contribution in [1.29, 1.82) is 0 Å². The molecule has 180 valence electrons. The number of likely N-dealkylation sites (tertiary alicyclic amines) is 1. The zero-order valence-corrected chi connectivity index (χ0v) is 19.7. The zero-order valence-electron chi connectivity index (χ0n) is 19.7. The molecule has 2 N–H and O–H groups in total. The van der Waals surface area contributed by atoms with Crippen LogP contribution in [0, 0.1) is 11.8 Å². The molecular formula is C27H32N2O5. The van der Waals surface area contributed by atoms with Gasteiger partial charge in [-0.2, -0.15) is 0 Å². The van der Waals surface area contributed by atoms with Gasteiger partial charge in [0, 0.05) is 19.0 Å². The van der Waals surface area contributed by atoms with Crippen LogP contribution in [0.25, 0.3) is 11.1 Å². The number of piperidine rings is 1. The molecule has 4 rings (SSSR count). The van der Waals surface area contributed by atoms with Gasteiger partial charge in [-0.15, -0.1) is 0 Å². The number of aliphatic carboxylic acids is 1. The molecule has 2 aromatic rings. The molecule has 1 heterocycles. The lowest BCUT2D eigenvalue weighted by Gasteiger charge is -2.35. The SMILES string of the molecule is CC[C@H](C)[C@H](NC(=O)OCC1c2ccccc2-c2ccccc21)C(=O)N1CCCC(C(=O)O)C1. The molecule has 7 nitrogen and oxygen atoms in total. The number of benzene rings is 2. The number of nitrogens with one attached hydrogen (secondary N) is 1. The van der Waals surface area contributed by atoms with E-state index >= 15 is 0 Å². The topological polar surface area (TPSA) is 95.9 Å². The summed E-state index contributed by atoms with van der Waals surface area (Å²) in [7, 11) is 0. The van der Waals surface area contributed by atoms with Crippen molar-refractivity contribution in [2.75, 3.05) is 19.7 Å². The molecule has 0 aromatic heterocycles. The number of hydrogen-bond acceptors (Lipinski definition) is 4. The Labute approximate surface area is 200 Å². The lowest BCUT2D eigenvalue weighted by atomic mass is 9.94. The number of hydrogen-bond donors (Lipinski definition) is 2. The van der Waals surface area contributed by atoms with Crippen molar-refractivity contribution in [3.05, 3.63) is 59.7 Å². The fraction of sp³-hybridized carbons (Fsp3) is 0.444. The Morgan fingerprint density at radius 3 is 2.29 bits per heavy atom. The molecule has 1 unspecified atom stereocenters. The second-order valence-electron chi connectivity index (χ2n) is 9.29. The first-order valence-corrected chi connectivity index (χ1v) is 12.0. The van der Waals surface area contributed by atoms with Crippen molar-refractivity contribution < 1.29 is 24.2 Å². The van der Waals surface area contributed by atoms with E-state index in [1.165, 1.54) is 0 Å². The summed E-state index contributed by atoms with van der Waals surface area (Å²) in [5.41, 5.74) is 4.55. The smallest absolute Gasteiger partial charge is 0.407 e. The zero-order chi connectivity index (χ0) is 24.2. The highest BCUT2D eigenvalue weighted by atomic mass is 16.5. The second-order valence-corrected chi connectivity index (χ2v) is 9.29.